The third-order valence-electron chi connectivity index (χ3n) is 3.29. The summed E-state index contributed by atoms with van der Waals surface area (Å²) in [6.45, 7) is 2.07. The van der Waals surface area contributed by atoms with Gasteiger partial charge in [-0.25, -0.2) is 0 Å². The fourth-order valence-corrected chi connectivity index (χ4v) is 2.36. The van der Waals surface area contributed by atoms with E-state index in [4.69, 9.17) is 18.0 Å². The summed E-state index contributed by atoms with van der Waals surface area (Å²) in [6.07, 6.45) is 1.46. The molecule has 0 aliphatic rings. The molecule has 0 spiro atoms. The normalized spacial score (nSPS) is 11.7. The Labute approximate surface area is 134 Å². The summed E-state index contributed by atoms with van der Waals surface area (Å²) in [4.78, 5) is 12.1. The van der Waals surface area contributed by atoms with Crippen LogP contribution in [0.4, 0.5) is 5.69 Å². The number of thiocarbonyl (C=S) groups is 1. The number of aryl methyl sites for hydroxylation is 1. The molecular weight excluding hydrogens is 298 g/mol. The molecule has 2 rings (SSSR count). The molecule has 1 heterocycles. The minimum absolute atomic E-state index is 0.0538. The number of ketones is 1. The number of benzene rings is 1. The van der Waals surface area contributed by atoms with Gasteiger partial charge in [0.2, 0.25) is 5.78 Å². The molecule has 7 heteroatoms. The molecule has 2 aromatic rings. The van der Waals surface area contributed by atoms with Crippen LogP contribution in [0.1, 0.15) is 29.0 Å². The molecule has 0 saturated carbocycles. The number of rotatable bonds is 5. The number of hydrogen-bond donors (Lipinski definition) is 3. The standard InChI is InChI=1S/C15H19N5OS/c1-10(11-6-4-3-5-7-11)19-15(22)17-9-13(21)14-12(16)8-18-20(14)2/h3-8,10H,9,16H2,1-2H3,(H2,17,19,22)/t10-/m1/s1. The van der Waals surface area contributed by atoms with Crippen molar-refractivity contribution in [1.29, 1.82) is 0 Å². The Balaban J connectivity index is 1.87. The van der Waals surface area contributed by atoms with E-state index in [9.17, 15) is 4.79 Å². The van der Waals surface area contributed by atoms with Crippen LogP contribution in [0.3, 0.4) is 0 Å². The van der Waals surface area contributed by atoms with Crippen LogP contribution in [0.2, 0.25) is 0 Å². The molecule has 1 atom stereocenters. The van der Waals surface area contributed by atoms with Gasteiger partial charge in [0.25, 0.3) is 0 Å². The summed E-state index contributed by atoms with van der Waals surface area (Å²) in [6, 6.07) is 9.99. The Kier molecular flexibility index (Phi) is 5.11. The molecule has 0 amide bonds. The van der Waals surface area contributed by atoms with Crippen LogP contribution in [0, 0.1) is 0 Å². The largest absolute Gasteiger partial charge is 0.396 e. The molecule has 22 heavy (non-hydrogen) atoms. The number of aromatic nitrogens is 2. The second kappa shape index (κ2) is 7.04. The van der Waals surface area contributed by atoms with Crippen LogP contribution in [0.25, 0.3) is 0 Å². The number of nitrogens with one attached hydrogen (secondary N) is 2. The van der Waals surface area contributed by atoms with Gasteiger partial charge in [0.05, 0.1) is 24.5 Å². The SMILES string of the molecule is C[C@@H](NC(=S)NCC(=O)c1c(N)cnn1C)c1ccccc1. The summed E-state index contributed by atoms with van der Waals surface area (Å²) >= 11 is 5.22. The van der Waals surface area contributed by atoms with Gasteiger partial charge in [-0.2, -0.15) is 5.10 Å². The third-order valence-corrected chi connectivity index (χ3v) is 3.55. The van der Waals surface area contributed by atoms with E-state index < -0.39 is 0 Å². The topological polar surface area (TPSA) is 85.0 Å². The first-order valence-corrected chi connectivity index (χ1v) is 7.30. The van der Waals surface area contributed by atoms with Gasteiger partial charge in [0.1, 0.15) is 5.69 Å². The highest BCUT2D eigenvalue weighted by molar-refractivity contribution is 7.80. The van der Waals surface area contributed by atoms with Crippen molar-refractivity contribution >= 4 is 28.8 Å². The fraction of sp³-hybridized carbons (Fsp3) is 0.267. The number of nitrogens with two attached hydrogens (primary N) is 1. The molecule has 0 aliphatic carbocycles. The van der Waals surface area contributed by atoms with E-state index in [1.54, 1.807) is 7.05 Å². The highest BCUT2D eigenvalue weighted by atomic mass is 32.1. The molecule has 116 valence electrons. The lowest BCUT2D eigenvalue weighted by atomic mass is 10.1. The Morgan fingerprint density at radius 1 is 1.41 bits per heavy atom. The molecule has 0 bridgehead atoms. The molecule has 0 unspecified atom stereocenters. The molecule has 0 fully saturated rings. The van der Waals surface area contributed by atoms with Crippen molar-refractivity contribution in [3.8, 4) is 0 Å². The van der Waals surface area contributed by atoms with Crippen LogP contribution in [-0.2, 0) is 7.05 Å². The van der Waals surface area contributed by atoms with Crippen molar-refractivity contribution < 1.29 is 4.79 Å². The number of carbonyl (C=O) groups is 1. The van der Waals surface area contributed by atoms with Crippen LogP contribution in [0.15, 0.2) is 36.5 Å². The zero-order valence-electron chi connectivity index (χ0n) is 12.5. The highest BCUT2D eigenvalue weighted by Crippen LogP contribution is 2.11. The average Bonchev–Trinajstić information content (AvgIpc) is 2.85. The minimum atomic E-state index is -0.158. The monoisotopic (exact) mass is 317 g/mol. The van der Waals surface area contributed by atoms with Gasteiger partial charge in [-0.15, -0.1) is 0 Å². The number of carbonyl (C=O) groups excluding carboxylic acids is 1. The van der Waals surface area contributed by atoms with Gasteiger partial charge in [0, 0.05) is 7.05 Å². The van der Waals surface area contributed by atoms with E-state index >= 15 is 0 Å². The van der Waals surface area contributed by atoms with E-state index in [-0.39, 0.29) is 18.4 Å². The molecular formula is C15H19N5OS. The number of Topliss-reactive ketones (excluding diaryl/α,β-unsaturated/α-hetero) is 1. The van der Waals surface area contributed by atoms with Gasteiger partial charge in [0.15, 0.2) is 5.11 Å². The van der Waals surface area contributed by atoms with Crippen molar-refractivity contribution in [2.24, 2.45) is 7.05 Å². The van der Waals surface area contributed by atoms with Gasteiger partial charge in [-0.3, -0.25) is 9.48 Å². The maximum absolute atomic E-state index is 12.1. The zero-order chi connectivity index (χ0) is 16.1. The Morgan fingerprint density at radius 3 is 2.68 bits per heavy atom. The number of hydrogen-bond acceptors (Lipinski definition) is 4. The molecule has 0 radical (unpaired) electrons. The lowest BCUT2D eigenvalue weighted by Crippen LogP contribution is -2.39. The summed E-state index contributed by atoms with van der Waals surface area (Å²) in [5.41, 5.74) is 7.59. The van der Waals surface area contributed by atoms with Gasteiger partial charge in [-0.1, -0.05) is 30.3 Å². The molecule has 1 aromatic heterocycles. The van der Waals surface area contributed by atoms with Gasteiger partial charge >= 0.3 is 0 Å². The van der Waals surface area contributed by atoms with Crippen molar-refractivity contribution in [2.45, 2.75) is 13.0 Å². The second-order valence-electron chi connectivity index (χ2n) is 4.95. The lowest BCUT2D eigenvalue weighted by Gasteiger charge is -2.17. The Hall–Kier alpha value is -2.41. The van der Waals surface area contributed by atoms with E-state index in [0.29, 0.717) is 16.5 Å². The minimum Gasteiger partial charge on any atom is -0.396 e. The Morgan fingerprint density at radius 2 is 2.09 bits per heavy atom. The van der Waals surface area contributed by atoms with Crippen molar-refractivity contribution in [1.82, 2.24) is 20.4 Å². The van der Waals surface area contributed by atoms with Crippen molar-refractivity contribution in [3.05, 3.63) is 47.8 Å². The van der Waals surface area contributed by atoms with Gasteiger partial charge < -0.3 is 16.4 Å². The maximum Gasteiger partial charge on any atom is 0.202 e. The first-order chi connectivity index (χ1) is 10.5. The smallest absolute Gasteiger partial charge is 0.202 e. The van der Waals surface area contributed by atoms with Crippen LogP contribution < -0.4 is 16.4 Å². The summed E-state index contributed by atoms with van der Waals surface area (Å²) in [7, 11) is 1.68. The number of nitrogens with zero attached hydrogens (tertiary/aromatic N) is 2. The Bertz CT molecular complexity index is 648. The van der Waals surface area contributed by atoms with E-state index in [1.807, 2.05) is 37.3 Å². The molecule has 0 aliphatic heterocycles. The van der Waals surface area contributed by atoms with E-state index in [1.165, 1.54) is 10.9 Å². The number of anilines is 1. The molecule has 4 N–H and O–H groups in total. The predicted molar refractivity (Wildman–Crippen MR) is 90.5 cm³/mol. The fourth-order valence-electron chi connectivity index (χ4n) is 2.11. The van der Waals surface area contributed by atoms with Crippen LogP contribution in [-0.4, -0.2) is 27.2 Å². The number of nitrogen functional groups attached to an aromatic ring is 1. The molecule has 0 saturated heterocycles. The first kappa shape index (κ1) is 16.0. The second-order valence-corrected chi connectivity index (χ2v) is 5.36. The molecule has 1 aromatic carbocycles. The summed E-state index contributed by atoms with van der Waals surface area (Å²) in [5.74, 6) is -0.158. The maximum atomic E-state index is 12.1. The van der Waals surface area contributed by atoms with Crippen molar-refractivity contribution in [2.75, 3.05) is 12.3 Å². The first-order valence-electron chi connectivity index (χ1n) is 6.89. The predicted octanol–water partition coefficient (Wildman–Crippen LogP) is 1.41. The van der Waals surface area contributed by atoms with Gasteiger partial charge in [-0.05, 0) is 24.7 Å². The summed E-state index contributed by atoms with van der Waals surface area (Å²) in [5, 5.41) is 10.4. The van der Waals surface area contributed by atoms with E-state index in [0.717, 1.165) is 5.56 Å². The van der Waals surface area contributed by atoms with Crippen LogP contribution >= 0.6 is 12.2 Å². The highest BCUT2D eigenvalue weighted by Gasteiger charge is 2.15. The molecule has 6 nitrogen and oxygen atoms in total. The quantitative estimate of drug-likeness (QED) is 0.571. The zero-order valence-corrected chi connectivity index (χ0v) is 13.4. The average molecular weight is 317 g/mol. The summed E-state index contributed by atoms with van der Waals surface area (Å²) < 4.78 is 1.46. The van der Waals surface area contributed by atoms with Crippen LogP contribution in [0.5, 0.6) is 0 Å². The van der Waals surface area contributed by atoms with Crippen molar-refractivity contribution in [3.63, 3.8) is 0 Å². The lowest BCUT2D eigenvalue weighted by molar-refractivity contribution is 0.0988. The van der Waals surface area contributed by atoms with E-state index in [2.05, 4.69) is 15.7 Å². The third kappa shape index (κ3) is 3.82.